The van der Waals surface area contributed by atoms with E-state index in [-0.39, 0.29) is 24.1 Å². The third-order valence-corrected chi connectivity index (χ3v) is 4.68. The number of aryl methyl sites for hydroxylation is 3. The summed E-state index contributed by atoms with van der Waals surface area (Å²) in [6.07, 6.45) is -0.916. The Kier molecular flexibility index (Phi) is 4.95. The first-order valence-corrected chi connectivity index (χ1v) is 8.59. The molecule has 3 rings (SSSR count). The fraction of sp³-hybridized carbons (Fsp3) is 0.444. The summed E-state index contributed by atoms with van der Waals surface area (Å²) in [5.41, 5.74) is 2.95. The lowest BCUT2D eigenvalue weighted by Crippen LogP contribution is -2.30. The number of hydrogen-bond acceptors (Lipinski definition) is 4. The van der Waals surface area contributed by atoms with Crippen LogP contribution < -0.4 is 5.32 Å². The average Bonchev–Trinajstić information content (AvgIpc) is 3.07. The number of alkyl halides is 2. The Labute approximate surface area is 155 Å². The Hall–Kier alpha value is -2.84. The van der Waals surface area contributed by atoms with Crippen LogP contribution in [0.15, 0.2) is 12.3 Å². The topological polar surface area (TPSA) is 77.6 Å². The summed E-state index contributed by atoms with van der Waals surface area (Å²) in [5.74, 6) is -0.281. The van der Waals surface area contributed by atoms with Crippen molar-refractivity contribution >= 4 is 16.9 Å². The van der Waals surface area contributed by atoms with Gasteiger partial charge in [0.25, 0.3) is 6.43 Å². The molecule has 0 radical (unpaired) electrons. The van der Waals surface area contributed by atoms with Gasteiger partial charge in [0, 0.05) is 29.6 Å². The number of carbonyl (C=O) groups is 1. The van der Waals surface area contributed by atoms with E-state index in [1.165, 1.54) is 10.7 Å². The Morgan fingerprint density at radius 3 is 2.56 bits per heavy atom. The van der Waals surface area contributed by atoms with Crippen molar-refractivity contribution < 1.29 is 13.6 Å². The van der Waals surface area contributed by atoms with Crippen LogP contribution in [0.25, 0.3) is 11.0 Å². The van der Waals surface area contributed by atoms with Crippen LogP contribution >= 0.6 is 0 Å². The molecule has 0 saturated heterocycles. The van der Waals surface area contributed by atoms with Crippen molar-refractivity contribution in [2.75, 3.05) is 0 Å². The van der Waals surface area contributed by atoms with Crippen molar-refractivity contribution in [1.82, 2.24) is 29.9 Å². The van der Waals surface area contributed by atoms with Gasteiger partial charge in [-0.05, 0) is 33.8 Å². The first kappa shape index (κ1) is 18.9. The molecule has 1 amide bonds. The summed E-state index contributed by atoms with van der Waals surface area (Å²) in [5, 5.41) is 11.6. The van der Waals surface area contributed by atoms with Crippen molar-refractivity contribution in [2.24, 2.45) is 7.05 Å². The molecule has 0 aliphatic carbocycles. The molecule has 0 aliphatic rings. The van der Waals surface area contributed by atoms with Gasteiger partial charge < -0.3 is 5.32 Å². The normalized spacial score (nSPS) is 12.7. The number of aromatic nitrogens is 5. The molecule has 7 nitrogen and oxygen atoms in total. The van der Waals surface area contributed by atoms with E-state index in [1.54, 1.807) is 24.7 Å². The summed E-state index contributed by atoms with van der Waals surface area (Å²) in [4.78, 5) is 16.8. The van der Waals surface area contributed by atoms with Gasteiger partial charge in [-0.1, -0.05) is 0 Å². The van der Waals surface area contributed by atoms with E-state index in [4.69, 9.17) is 0 Å². The Morgan fingerprint density at radius 2 is 1.96 bits per heavy atom. The first-order chi connectivity index (χ1) is 12.7. The quantitative estimate of drug-likeness (QED) is 0.743. The molecular formula is C18H22F2N6O. The van der Waals surface area contributed by atoms with Gasteiger partial charge in [0.2, 0.25) is 5.91 Å². The number of nitrogens with zero attached hydrogens (tertiary/aromatic N) is 5. The number of carbonyl (C=O) groups excluding carboxylic acids is 1. The molecule has 0 spiro atoms. The smallest absolute Gasteiger partial charge is 0.264 e. The Balaban J connectivity index is 1.86. The fourth-order valence-electron chi connectivity index (χ4n) is 3.24. The third kappa shape index (κ3) is 3.54. The van der Waals surface area contributed by atoms with Crippen LogP contribution in [0.3, 0.4) is 0 Å². The van der Waals surface area contributed by atoms with Gasteiger partial charge in [-0.2, -0.15) is 10.2 Å². The fourth-order valence-corrected chi connectivity index (χ4v) is 3.24. The van der Waals surface area contributed by atoms with Crippen molar-refractivity contribution in [3.05, 3.63) is 40.5 Å². The van der Waals surface area contributed by atoms with Gasteiger partial charge >= 0.3 is 0 Å². The molecule has 0 aromatic carbocycles. The first-order valence-electron chi connectivity index (χ1n) is 8.59. The summed E-state index contributed by atoms with van der Waals surface area (Å²) in [6, 6.07) is 1.12. The van der Waals surface area contributed by atoms with Crippen molar-refractivity contribution in [2.45, 2.75) is 46.7 Å². The van der Waals surface area contributed by atoms with Crippen LogP contribution in [0, 0.1) is 20.8 Å². The molecule has 27 heavy (non-hydrogen) atoms. The van der Waals surface area contributed by atoms with Gasteiger partial charge in [0.1, 0.15) is 6.54 Å². The van der Waals surface area contributed by atoms with E-state index < -0.39 is 6.43 Å². The molecule has 0 aliphatic heterocycles. The minimum atomic E-state index is -2.63. The van der Waals surface area contributed by atoms with E-state index >= 15 is 0 Å². The molecule has 1 unspecified atom stereocenters. The van der Waals surface area contributed by atoms with Gasteiger partial charge in [-0.15, -0.1) is 0 Å². The highest BCUT2D eigenvalue weighted by molar-refractivity contribution is 5.84. The van der Waals surface area contributed by atoms with E-state index in [2.05, 4.69) is 20.5 Å². The highest BCUT2D eigenvalue weighted by Crippen LogP contribution is 2.29. The van der Waals surface area contributed by atoms with Crippen LogP contribution in [0.2, 0.25) is 0 Å². The molecule has 3 aromatic heterocycles. The van der Waals surface area contributed by atoms with E-state index in [1.807, 2.05) is 20.9 Å². The van der Waals surface area contributed by atoms with E-state index in [0.717, 1.165) is 11.3 Å². The molecule has 1 atom stereocenters. The van der Waals surface area contributed by atoms with Crippen LogP contribution in [-0.4, -0.2) is 30.5 Å². The number of hydrogen-bond donors (Lipinski definition) is 1. The number of rotatable bonds is 5. The molecule has 9 heteroatoms. The summed E-state index contributed by atoms with van der Waals surface area (Å²) in [7, 11) is 1.83. The second-order valence-electron chi connectivity index (χ2n) is 6.69. The zero-order valence-electron chi connectivity index (χ0n) is 15.9. The van der Waals surface area contributed by atoms with Gasteiger partial charge in [-0.3, -0.25) is 9.48 Å². The summed E-state index contributed by atoms with van der Waals surface area (Å²) >= 11 is 0. The van der Waals surface area contributed by atoms with Crippen LogP contribution in [0.1, 0.15) is 47.6 Å². The SMILES string of the molecule is Cc1cc(C(F)F)c2c(C)nn(CC(=O)NC(C)c3cnn(C)c3C)c2n1. The average molecular weight is 376 g/mol. The standard InChI is InChI=1S/C18H22F2N6O/c1-9-6-13(17(19)20)16-11(3)24-26(18(16)22-9)8-15(27)23-10(2)14-7-21-25(5)12(14)4/h6-7,10,17H,8H2,1-5H3,(H,23,27). The van der Waals surface area contributed by atoms with Gasteiger partial charge in [0.15, 0.2) is 5.65 Å². The molecule has 0 saturated carbocycles. The summed E-state index contributed by atoms with van der Waals surface area (Å²) in [6.45, 7) is 6.97. The minimum absolute atomic E-state index is 0.104. The highest BCUT2D eigenvalue weighted by atomic mass is 19.3. The number of amides is 1. The molecule has 3 aromatic rings. The summed E-state index contributed by atoms with van der Waals surface area (Å²) < 4.78 is 29.9. The minimum Gasteiger partial charge on any atom is -0.348 e. The van der Waals surface area contributed by atoms with Crippen molar-refractivity contribution in [3.63, 3.8) is 0 Å². The molecule has 0 bridgehead atoms. The maximum Gasteiger partial charge on any atom is 0.264 e. The largest absolute Gasteiger partial charge is 0.348 e. The maximum absolute atomic E-state index is 13.4. The second-order valence-corrected chi connectivity index (χ2v) is 6.69. The molecule has 1 N–H and O–H groups in total. The van der Waals surface area contributed by atoms with Crippen molar-refractivity contribution in [1.29, 1.82) is 0 Å². The molecular weight excluding hydrogens is 354 g/mol. The monoisotopic (exact) mass is 376 g/mol. The molecule has 0 fully saturated rings. The lowest BCUT2D eigenvalue weighted by atomic mass is 10.1. The second kappa shape index (κ2) is 7.05. The zero-order valence-corrected chi connectivity index (χ0v) is 15.9. The number of fused-ring (bicyclic) bond motifs is 1. The van der Waals surface area contributed by atoms with Crippen LogP contribution in [0.5, 0.6) is 0 Å². The number of pyridine rings is 1. The Bertz CT molecular complexity index is 1010. The maximum atomic E-state index is 13.4. The molecule has 144 valence electrons. The van der Waals surface area contributed by atoms with Crippen LogP contribution in [-0.2, 0) is 18.4 Å². The number of nitrogens with one attached hydrogen (secondary N) is 1. The van der Waals surface area contributed by atoms with E-state index in [9.17, 15) is 13.6 Å². The van der Waals surface area contributed by atoms with Crippen molar-refractivity contribution in [3.8, 4) is 0 Å². The predicted molar refractivity (Wildman–Crippen MR) is 96.5 cm³/mol. The predicted octanol–water partition coefficient (Wildman–Crippen LogP) is 2.91. The Morgan fingerprint density at radius 1 is 1.26 bits per heavy atom. The molecule has 3 heterocycles. The highest BCUT2D eigenvalue weighted by Gasteiger charge is 2.21. The van der Waals surface area contributed by atoms with Gasteiger partial charge in [0.05, 0.1) is 23.3 Å². The van der Waals surface area contributed by atoms with Gasteiger partial charge in [-0.25, -0.2) is 18.4 Å². The van der Waals surface area contributed by atoms with E-state index in [0.29, 0.717) is 22.4 Å². The number of halogens is 2. The van der Waals surface area contributed by atoms with Crippen LogP contribution in [0.4, 0.5) is 8.78 Å². The zero-order chi connectivity index (χ0) is 19.9. The third-order valence-electron chi connectivity index (χ3n) is 4.68. The lowest BCUT2D eigenvalue weighted by Gasteiger charge is -2.14. The lowest BCUT2D eigenvalue weighted by molar-refractivity contribution is -0.122.